The van der Waals surface area contributed by atoms with E-state index in [4.69, 9.17) is 10.5 Å². The van der Waals surface area contributed by atoms with E-state index >= 15 is 0 Å². The van der Waals surface area contributed by atoms with Crippen LogP contribution in [0.1, 0.15) is 27.6 Å². The van der Waals surface area contributed by atoms with Crippen molar-refractivity contribution < 1.29 is 14.3 Å². The van der Waals surface area contributed by atoms with Crippen molar-refractivity contribution in [3.63, 3.8) is 0 Å². The van der Waals surface area contributed by atoms with Gasteiger partial charge in [0.25, 0.3) is 5.91 Å². The molecule has 0 radical (unpaired) electrons. The highest BCUT2D eigenvalue weighted by atomic mass is 16.5. The molecule has 0 saturated carbocycles. The number of hydrogen-bond acceptors (Lipinski definition) is 5. The standard InChI is InChI=1S/C13H14N4O3/c1-2-20-13(19)10-7-15-17-11(10)16-12(18)8-4-3-5-9(14)6-8/h3-7H,2,14H2,1H3,(H2,15,16,17,18). The van der Waals surface area contributed by atoms with Crippen LogP contribution >= 0.6 is 0 Å². The summed E-state index contributed by atoms with van der Waals surface area (Å²) in [6.07, 6.45) is 1.30. The first-order valence-electron chi connectivity index (χ1n) is 5.99. The Hall–Kier alpha value is -2.83. The number of hydrogen-bond donors (Lipinski definition) is 3. The van der Waals surface area contributed by atoms with Gasteiger partial charge in [0, 0.05) is 11.3 Å². The fraction of sp³-hybridized carbons (Fsp3) is 0.154. The number of nitrogen functional groups attached to an aromatic ring is 1. The fourth-order valence-electron chi connectivity index (χ4n) is 1.61. The van der Waals surface area contributed by atoms with Gasteiger partial charge in [-0.25, -0.2) is 4.79 Å². The van der Waals surface area contributed by atoms with Crippen molar-refractivity contribution in [2.24, 2.45) is 0 Å². The molecule has 4 N–H and O–H groups in total. The maximum atomic E-state index is 12.0. The molecule has 1 aromatic carbocycles. The second kappa shape index (κ2) is 5.87. The minimum atomic E-state index is -0.552. The van der Waals surface area contributed by atoms with Gasteiger partial charge in [-0.3, -0.25) is 9.89 Å². The van der Waals surface area contributed by atoms with Gasteiger partial charge in [0.15, 0.2) is 0 Å². The number of amides is 1. The summed E-state index contributed by atoms with van der Waals surface area (Å²) < 4.78 is 4.86. The Morgan fingerprint density at radius 1 is 1.45 bits per heavy atom. The van der Waals surface area contributed by atoms with Crippen molar-refractivity contribution in [3.05, 3.63) is 41.6 Å². The summed E-state index contributed by atoms with van der Waals surface area (Å²) in [7, 11) is 0. The number of nitrogens with two attached hydrogens (primary N) is 1. The molecule has 0 unspecified atom stereocenters. The van der Waals surface area contributed by atoms with Crippen molar-refractivity contribution in [2.75, 3.05) is 17.7 Å². The second-order valence-electron chi connectivity index (χ2n) is 3.96. The molecular weight excluding hydrogens is 260 g/mol. The summed E-state index contributed by atoms with van der Waals surface area (Å²) in [4.78, 5) is 23.7. The minimum absolute atomic E-state index is 0.170. The lowest BCUT2D eigenvalue weighted by Gasteiger charge is -2.06. The number of H-pyrrole nitrogens is 1. The zero-order valence-corrected chi connectivity index (χ0v) is 10.8. The van der Waals surface area contributed by atoms with Crippen molar-refractivity contribution in [1.82, 2.24) is 10.2 Å². The second-order valence-corrected chi connectivity index (χ2v) is 3.96. The molecule has 7 heteroatoms. The van der Waals surface area contributed by atoms with E-state index in [0.717, 1.165) is 0 Å². The van der Waals surface area contributed by atoms with Gasteiger partial charge in [0.1, 0.15) is 11.4 Å². The Morgan fingerprint density at radius 2 is 2.25 bits per heavy atom. The van der Waals surface area contributed by atoms with Crippen LogP contribution < -0.4 is 11.1 Å². The highest BCUT2D eigenvalue weighted by Gasteiger charge is 2.17. The smallest absolute Gasteiger partial charge is 0.343 e. The van der Waals surface area contributed by atoms with Crippen LogP contribution in [0.15, 0.2) is 30.5 Å². The summed E-state index contributed by atoms with van der Waals surface area (Å²) in [6.45, 7) is 1.94. The Balaban J connectivity index is 2.16. The molecule has 104 valence electrons. The van der Waals surface area contributed by atoms with Gasteiger partial charge in [-0.1, -0.05) is 6.07 Å². The molecule has 1 amide bonds. The van der Waals surface area contributed by atoms with E-state index in [2.05, 4.69) is 15.5 Å². The lowest BCUT2D eigenvalue weighted by molar-refractivity contribution is 0.0527. The number of carbonyl (C=O) groups is 2. The van der Waals surface area contributed by atoms with Gasteiger partial charge >= 0.3 is 5.97 Å². The lowest BCUT2D eigenvalue weighted by Crippen LogP contribution is -2.15. The number of ether oxygens (including phenoxy) is 1. The number of nitrogens with one attached hydrogen (secondary N) is 2. The molecule has 7 nitrogen and oxygen atoms in total. The highest BCUT2D eigenvalue weighted by molar-refractivity contribution is 6.07. The third-order valence-electron chi connectivity index (χ3n) is 2.52. The van der Waals surface area contributed by atoms with Crippen LogP contribution in [0.25, 0.3) is 0 Å². The lowest BCUT2D eigenvalue weighted by atomic mass is 10.2. The topological polar surface area (TPSA) is 110 Å². The number of carbonyl (C=O) groups excluding carboxylic acids is 2. The highest BCUT2D eigenvalue weighted by Crippen LogP contribution is 2.15. The van der Waals surface area contributed by atoms with Gasteiger partial charge in [-0.05, 0) is 25.1 Å². The number of aromatic amines is 1. The van der Waals surface area contributed by atoms with E-state index in [9.17, 15) is 9.59 Å². The first kappa shape index (κ1) is 13.6. The molecular formula is C13H14N4O3. The maximum Gasteiger partial charge on any atom is 0.343 e. The molecule has 0 spiro atoms. The molecule has 0 aliphatic heterocycles. The van der Waals surface area contributed by atoms with E-state index < -0.39 is 11.9 Å². The van der Waals surface area contributed by atoms with Crippen LogP contribution in [-0.2, 0) is 4.74 Å². The quantitative estimate of drug-likeness (QED) is 0.577. The number of benzene rings is 1. The van der Waals surface area contributed by atoms with Gasteiger partial charge in [0.05, 0.1) is 12.8 Å². The predicted octanol–water partition coefficient (Wildman–Crippen LogP) is 1.42. The maximum absolute atomic E-state index is 12.0. The van der Waals surface area contributed by atoms with Crippen molar-refractivity contribution in [1.29, 1.82) is 0 Å². The monoisotopic (exact) mass is 274 g/mol. The Labute approximate surface area is 115 Å². The van der Waals surface area contributed by atoms with E-state index in [1.807, 2.05) is 0 Å². The Bertz CT molecular complexity index is 636. The average molecular weight is 274 g/mol. The van der Waals surface area contributed by atoms with Crippen LogP contribution in [0.2, 0.25) is 0 Å². The molecule has 0 saturated heterocycles. The minimum Gasteiger partial charge on any atom is -0.462 e. The molecule has 1 aromatic heterocycles. The average Bonchev–Trinajstić information content (AvgIpc) is 2.87. The summed E-state index contributed by atoms with van der Waals surface area (Å²) >= 11 is 0. The van der Waals surface area contributed by atoms with Gasteiger partial charge in [-0.15, -0.1) is 0 Å². The third-order valence-corrected chi connectivity index (χ3v) is 2.52. The van der Waals surface area contributed by atoms with Crippen LogP contribution in [-0.4, -0.2) is 28.7 Å². The Morgan fingerprint density at radius 3 is 2.95 bits per heavy atom. The first-order valence-corrected chi connectivity index (χ1v) is 5.99. The van der Waals surface area contributed by atoms with E-state index in [0.29, 0.717) is 11.3 Å². The van der Waals surface area contributed by atoms with Gasteiger partial charge in [0.2, 0.25) is 0 Å². The fourth-order valence-corrected chi connectivity index (χ4v) is 1.61. The predicted molar refractivity (Wildman–Crippen MR) is 73.4 cm³/mol. The van der Waals surface area contributed by atoms with Crippen molar-refractivity contribution >= 4 is 23.4 Å². The molecule has 20 heavy (non-hydrogen) atoms. The normalized spacial score (nSPS) is 10.1. The van der Waals surface area contributed by atoms with Crippen LogP contribution in [0.3, 0.4) is 0 Å². The van der Waals surface area contributed by atoms with Gasteiger partial charge in [-0.2, -0.15) is 5.10 Å². The van der Waals surface area contributed by atoms with E-state index in [-0.39, 0.29) is 18.0 Å². The number of nitrogens with zero attached hydrogens (tertiary/aromatic N) is 1. The van der Waals surface area contributed by atoms with Crippen LogP contribution in [0.5, 0.6) is 0 Å². The molecule has 2 rings (SSSR count). The Kier molecular flexibility index (Phi) is 3.99. The van der Waals surface area contributed by atoms with E-state index in [1.165, 1.54) is 12.3 Å². The number of rotatable bonds is 4. The summed E-state index contributed by atoms with van der Waals surface area (Å²) in [5, 5.41) is 8.83. The number of esters is 1. The SMILES string of the molecule is CCOC(=O)c1cn[nH]c1NC(=O)c1cccc(N)c1. The number of aromatic nitrogens is 2. The third kappa shape index (κ3) is 2.94. The van der Waals surface area contributed by atoms with Crippen LogP contribution in [0, 0.1) is 0 Å². The molecule has 1 heterocycles. The molecule has 0 bridgehead atoms. The summed E-state index contributed by atoms with van der Waals surface area (Å²) in [5.41, 5.74) is 6.65. The van der Waals surface area contributed by atoms with Crippen molar-refractivity contribution in [3.8, 4) is 0 Å². The van der Waals surface area contributed by atoms with E-state index in [1.54, 1.807) is 25.1 Å². The molecule has 0 aliphatic carbocycles. The zero-order valence-electron chi connectivity index (χ0n) is 10.8. The van der Waals surface area contributed by atoms with Crippen molar-refractivity contribution in [2.45, 2.75) is 6.92 Å². The largest absolute Gasteiger partial charge is 0.462 e. The summed E-state index contributed by atoms with van der Waals surface area (Å²) in [5.74, 6) is -0.757. The zero-order chi connectivity index (χ0) is 14.5. The van der Waals surface area contributed by atoms with Gasteiger partial charge < -0.3 is 15.8 Å². The first-order chi connectivity index (χ1) is 9.61. The molecule has 0 fully saturated rings. The van der Waals surface area contributed by atoms with Crippen LogP contribution in [0.4, 0.5) is 11.5 Å². The molecule has 2 aromatic rings. The summed E-state index contributed by atoms with van der Waals surface area (Å²) in [6, 6.07) is 6.50. The molecule has 0 aliphatic rings. The number of anilines is 2. The molecule has 0 atom stereocenters.